The molecule has 1 aliphatic heterocycles. The minimum absolute atomic E-state index is 0.390. The summed E-state index contributed by atoms with van der Waals surface area (Å²) < 4.78 is 0.390. The summed E-state index contributed by atoms with van der Waals surface area (Å²) in [6, 6.07) is 0. The highest BCUT2D eigenvalue weighted by molar-refractivity contribution is 8.00. The van der Waals surface area contributed by atoms with Gasteiger partial charge in [0.2, 0.25) is 0 Å². The van der Waals surface area contributed by atoms with E-state index in [-0.39, 0.29) is 0 Å². The van der Waals surface area contributed by atoms with Gasteiger partial charge >= 0.3 is 0 Å². The van der Waals surface area contributed by atoms with E-state index in [0.29, 0.717) is 4.75 Å². The first-order chi connectivity index (χ1) is 7.26. The predicted molar refractivity (Wildman–Crippen MR) is 70.5 cm³/mol. The fraction of sp³-hybridized carbons (Fsp3) is 1.00. The molecule has 3 heteroatoms. The topological polar surface area (TPSA) is 29.3 Å². The molecule has 1 heterocycles. The molecule has 0 spiro atoms. The van der Waals surface area contributed by atoms with Crippen LogP contribution in [0.25, 0.3) is 0 Å². The van der Waals surface area contributed by atoms with Crippen molar-refractivity contribution in [3.05, 3.63) is 0 Å². The molecule has 0 aromatic heterocycles. The summed E-state index contributed by atoms with van der Waals surface area (Å²) in [4.78, 5) is 2.61. The number of hydrogen-bond acceptors (Lipinski definition) is 3. The van der Waals surface area contributed by atoms with Crippen LogP contribution in [0.2, 0.25) is 0 Å². The summed E-state index contributed by atoms with van der Waals surface area (Å²) in [5, 5.41) is 0. The molecule has 1 aliphatic rings. The molecular weight excluding hydrogens is 204 g/mol. The zero-order valence-electron chi connectivity index (χ0n) is 10.3. The van der Waals surface area contributed by atoms with Crippen LogP contribution in [0.1, 0.15) is 39.0 Å². The first kappa shape index (κ1) is 13.3. The normalized spacial score (nSPS) is 21.8. The zero-order valence-corrected chi connectivity index (χ0v) is 11.1. The monoisotopic (exact) mass is 230 g/mol. The van der Waals surface area contributed by atoms with E-state index in [1.807, 2.05) is 11.8 Å². The number of unbranched alkanes of at least 4 members (excludes halogenated alkanes) is 2. The Bertz CT molecular complexity index is 159. The van der Waals surface area contributed by atoms with Gasteiger partial charge in [0.15, 0.2) is 0 Å². The Morgan fingerprint density at radius 3 is 2.40 bits per heavy atom. The predicted octanol–water partition coefficient (Wildman–Crippen LogP) is 2.33. The van der Waals surface area contributed by atoms with Gasteiger partial charge in [-0.25, -0.2) is 0 Å². The Morgan fingerprint density at radius 1 is 1.27 bits per heavy atom. The molecule has 2 nitrogen and oxygen atoms in total. The minimum atomic E-state index is 0.390. The van der Waals surface area contributed by atoms with Gasteiger partial charge in [0.1, 0.15) is 0 Å². The van der Waals surface area contributed by atoms with Crippen LogP contribution in [-0.4, -0.2) is 42.1 Å². The Balaban J connectivity index is 2.22. The van der Waals surface area contributed by atoms with Crippen molar-refractivity contribution in [3.8, 4) is 0 Å². The maximum absolute atomic E-state index is 5.88. The molecule has 15 heavy (non-hydrogen) atoms. The molecule has 0 unspecified atom stereocenters. The molecule has 1 rings (SSSR count). The highest BCUT2D eigenvalue weighted by Gasteiger charge is 2.31. The van der Waals surface area contributed by atoms with Crippen molar-refractivity contribution in [3.63, 3.8) is 0 Å². The molecule has 1 saturated heterocycles. The molecule has 0 aromatic carbocycles. The Hall–Kier alpha value is 0.270. The maximum atomic E-state index is 5.88. The standard InChI is InChI=1S/C12H26N2S/c1-3-4-5-8-14-9-6-12(11-13,15-2)7-10-14/h3-11,13H2,1-2H3. The van der Waals surface area contributed by atoms with Crippen LogP contribution in [0.5, 0.6) is 0 Å². The summed E-state index contributed by atoms with van der Waals surface area (Å²) >= 11 is 1.97. The van der Waals surface area contributed by atoms with Crippen LogP contribution in [-0.2, 0) is 0 Å². The second kappa shape index (κ2) is 6.77. The fourth-order valence-electron chi connectivity index (χ4n) is 2.26. The van der Waals surface area contributed by atoms with Crippen molar-refractivity contribution < 1.29 is 0 Å². The molecule has 1 fully saturated rings. The van der Waals surface area contributed by atoms with E-state index >= 15 is 0 Å². The largest absolute Gasteiger partial charge is 0.329 e. The third kappa shape index (κ3) is 3.97. The lowest BCUT2D eigenvalue weighted by molar-refractivity contribution is 0.199. The van der Waals surface area contributed by atoms with Crippen LogP contribution < -0.4 is 5.73 Å². The summed E-state index contributed by atoms with van der Waals surface area (Å²) in [7, 11) is 0. The van der Waals surface area contributed by atoms with Crippen molar-refractivity contribution >= 4 is 11.8 Å². The lowest BCUT2D eigenvalue weighted by atomic mass is 9.95. The van der Waals surface area contributed by atoms with E-state index in [1.165, 1.54) is 51.7 Å². The van der Waals surface area contributed by atoms with Crippen molar-refractivity contribution in [2.45, 2.75) is 43.8 Å². The van der Waals surface area contributed by atoms with Crippen molar-refractivity contribution in [1.82, 2.24) is 4.90 Å². The third-order valence-electron chi connectivity index (χ3n) is 3.65. The number of thioether (sulfide) groups is 1. The third-order valence-corrected chi connectivity index (χ3v) is 5.09. The molecule has 0 amide bonds. The van der Waals surface area contributed by atoms with Gasteiger partial charge in [0, 0.05) is 11.3 Å². The number of rotatable bonds is 6. The van der Waals surface area contributed by atoms with E-state index in [9.17, 15) is 0 Å². The average Bonchev–Trinajstić information content (AvgIpc) is 2.31. The van der Waals surface area contributed by atoms with Gasteiger partial charge in [0.25, 0.3) is 0 Å². The SMILES string of the molecule is CCCCCN1CCC(CN)(SC)CC1. The van der Waals surface area contributed by atoms with Gasteiger partial charge in [0.05, 0.1) is 0 Å². The number of hydrogen-bond donors (Lipinski definition) is 1. The molecule has 0 aliphatic carbocycles. The van der Waals surface area contributed by atoms with E-state index in [4.69, 9.17) is 5.73 Å². The summed E-state index contributed by atoms with van der Waals surface area (Å²) in [5.41, 5.74) is 5.88. The second-order valence-electron chi connectivity index (χ2n) is 4.64. The smallest absolute Gasteiger partial charge is 0.0303 e. The van der Waals surface area contributed by atoms with Crippen molar-refractivity contribution in [2.75, 3.05) is 32.4 Å². The number of likely N-dealkylation sites (tertiary alicyclic amines) is 1. The quantitative estimate of drug-likeness (QED) is 0.710. The number of nitrogens with zero attached hydrogens (tertiary/aromatic N) is 1. The molecule has 0 saturated carbocycles. The summed E-state index contributed by atoms with van der Waals surface area (Å²) in [6.45, 7) is 6.91. The van der Waals surface area contributed by atoms with Crippen LogP contribution in [0.3, 0.4) is 0 Å². The van der Waals surface area contributed by atoms with E-state index in [2.05, 4.69) is 18.1 Å². The summed E-state index contributed by atoms with van der Waals surface area (Å²) in [5.74, 6) is 0. The molecule has 0 atom stereocenters. The average molecular weight is 230 g/mol. The highest BCUT2D eigenvalue weighted by Crippen LogP contribution is 2.33. The molecular formula is C12H26N2S. The summed E-state index contributed by atoms with van der Waals surface area (Å²) in [6.07, 6.45) is 8.82. The Labute approximate surface area is 99.0 Å². The van der Waals surface area contributed by atoms with Gasteiger partial charge < -0.3 is 10.6 Å². The number of nitrogens with two attached hydrogens (primary N) is 1. The van der Waals surface area contributed by atoms with E-state index < -0.39 is 0 Å². The first-order valence-corrected chi connectivity index (χ1v) is 7.46. The maximum Gasteiger partial charge on any atom is 0.0303 e. The van der Waals surface area contributed by atoms with E-state index in [1.54, 1.807) is 0 Å². The fourth-order valence-corrected chi connectivity index (χ4v) is 3.02. The molecule has 90 valence electrons. The van der Waals surface area contributed by atoms with Gasteiger partial charge in [-0.2, -0.15) is 11.8 Å². The molecule has 0 radical (unpaired) electrons. The lowest BCUT2D eigenvalue weighted by Gasteiger charge is -2.40. The van der Waals surface area contributed by atoms with Gasteiger partial charge in [-0.3, -0.25) is 0 Å². The van der Waals surface area contributed by atoms with Crippen molar-refractivity contribution in [1.29, 1.82) is 0 Å². The van der Waals surface area contributed by atoms with Crippen LogP contribution >= 0.6 is 11.8 Å². The Morgan fingerprint density at radius 2 is 1.93 bits per heavy atom. The van der Waals surface area contributed by atoms with Crippen LogP contribution in [0.15, 0.2) is 0 Å². The molecule has 0 bridgehead atoms. The first-order valence-electron chi connectivity index (χ1n) is 6.24. The van der Waals surface area contributed by atoms with Gasteiger partial charge in [-0.15, -0.1) is 0 Å². The number of piperidine rings is 1. The minimum Gasteiger partial charge on any atom is -0.329 e. The van der Waals surface area contributed by atoms with Crippen molar-refractivity contribution in [2.24, 2.45) is 5.73 Å². The molecule has 2 N–H and O–H groups in total. The second-order valence-corrected chi connectivity index (χ2v) is 5.91. The van der Waals surface area contributed by atoms with Gasteiger partial charge in [-0.1, -0.05) is 19.8 Å². The Kier molecular flexibility index (Phi) is 6.02. The van der Waals surface area contributed by atoms with Crippen LogP contribution in [0.4, 0.5) is 0 Å². The molecule has 0 aromatic rings. The lowest BCUT2D eigenvalue weighted by Crippen LogP contribution is -2.46. The van der Waals surface area contributed by atoms with E-state index in [0.717, 1.165) is 6.54 Å². The van der Waals surface area contributed by atoms with Gasteiger partial charge in [-0.05, 0) is 45.2 Å². The zero-order chi connectivity index (χ0) is 11.1. The highest BCUT2D eigenvalue weighted by atomic mass is 32.2. The van der Waals surface area contributed by atoms with Crippen LogP contribution in [0, 0.1) is 0 Å².